The molecule has 1 N–H and O–H groups in total. The number of hydrogen-bond donors (Lipinski definition) is 1. The summed E-state index contributed by atoms with van der Waals surface area (Å²) in [6.07, 6.45) is 0. The molecule has 0 aliphatic rings. The normalized spacial score (nSPS) is 12.2. The first kappa shape index (κ1) is 17.9. The third kappa shape index (κ3) is 3.27. The van der Waals surface area contributed by atoms with Crippen molar-refractivity contribution in [1.29, 1.82) is 0 Å². The van der Waals surface area contributed by atoms with Gasteiger partial charge in [-0.05, 0) is 36.4 Å². The highest BCUT2D eigenvalue weighted by Gasteiger charge is 2.22. The van der Waals surface area contributed by atoms with Gasteiger partial charge in [-0.15, -0.1) is 5.10 Å². The van der Waals surface area contributed by atoms with Gasteiger partial charge in [0.15, 0.2) is 0 Å². The number of amides is 1. The van der Waals surface area contributed by atoms with Gasteiger partial charge in [0.1, 0.15) is 5.69 Å². The van der Waals surface area contributed by atoms with Gasteiger partial charge in [0.2, 0.25) is 11.1 Å². The summed E-state index contributed by atoms with van der Waals surface area (Å²) in [5, 5.41) is 13.9. The van der Waals surface area contributed by atoms with Crippen molar-refractivity contribution in [3.05, 3.63) is 46.4 Å². The summed E-state index contributed by atoms with van der Waals surface area (Å²) >= 11 is 1.22. The third-order valence-corrected chi connectivity index (χ3v) is 5.16. The Hall–Kier alpha value is -2.88. The molecule has 0 aliphatic carbocycles. The molecule has 10 heteroatoms. The summed E-state index contributed by atoms with van der Waals surface area (Å²) in [4.78, 5) is 25.4. The molecular weight excluding hydrogens is 354 g/mol. The molecule has 0 saturated heterocycles. The third-order valence-electron chi connectivity index (χ3n) is 4.04. The Labute approximate surface area is 154 Å². The van der Waals surface area contributed by atoms with Gasteiger partial charge in [-0.2, -0.15) is 0 Å². The van der Waals surface area contributed by atoms with E-state index < -0.39 is 5.25 Å². The maximum Gasteiger partial charge on any atom is 0.295 e. The molecule has 2 heterocycles. The number of aromatic nitrogens is 6. The first-order valence-corrected chi connectivity index (χ1v) is 8.82. The van der Waals surface area contributed by atoms with E-state index in [1.807, 2.05) is 30.3 Å². The van der Waals surface area contributed by atoms with Crippen molar-refractivity contribution in [1.82, 2.24) is 29.6 Å². The van der Waals surface area contributed by atoms with Crippen LogP contribution in [-0.2, 0) is 18.9 Å². The Kier molecular flexibility index (Phi) is 4.94. The summed E-state index contributed by atoms with van der Waals surface area (Å²) < 4.78 is 4.73. The summed E-state index contributed by atoms with van der Waals surface area (Å²) in [5.41, 5.74) is 1.40. The lowest BCUT2D eigenvalue weighted by atomic mass is 10.3. The molecule has 3 rings (SSSR count). The first-order chi connectivity index (χ1) is 12.4. The van der Waals surface area contributed by atoms with Crippen LogP contribution in [0.2, 0.25) is 0 Å². The van der Waals surface area contributed by atoms with E-state index in [0.29, 0.717) is 10.9 Å². The van der Waals surface area contributed by atoms with Gasteiger partial charge in [0.25, 0.3) is 5.56 Å². The van der Waals surface area contributed by atoms with Crippen LogP contribution in [0, 0.1) is 6.92 Å². The molecule has 1 atom stereocenters. The van der Waals surface area contributed by atoms with Crippen molar-refractivity contribution in [2.24, 2.45) is 14.1 Å². The molecule has 0 saturated carbocycles. The number of rotatable bonds is 5. The molecule has 3 aromatic rings. The molecule has 2 aromatic heterocycles. The fraction of sp³-hybridized carbons (Fsp3) is 0.312. The van der Waals surface area contributed by atoms with E-state index in [9.17, 15) is 9.59 Å². The number of anilines is 1. The Bertz CT molecular complexity index is 990. The smallest absolute Gasteiger partial charge is 0.295 e. The lowest BCUT2D eigenvalue weighted by Gasteiger charge is -2.10. The molecule has 9 nitrogen and oxygen atoms in total. The van der Waals surface area contributed by atoms with E-state index in [1.165, 1.54) is 21.1 Å². The number of benzene rings is 1. The predicted molar refractivity (Wildman–Crippen MR) is 98.5 cm³/mol. The van der Waals surface area contributed by atoms with Crippen LogP contribution in [0.5, 0.6) is 0 Å². The average molecular weight is 373 g/mol. The number of hydrogen-bond acceptors (Lipinski definition) is 6. The van der Waals surface area contributed by atoms with Crippen molar-refractivity contribution in [2.75, 3.05) is 5.32 Å². The number of nitrogens with one attached hydrogen (secondary N) is 1. The van der Waals surface area contributed by atoms with Crippen molar-refractivity contribution in [3.63, 3.8) is 0 Å². The maximum atomic E-state index is 12.8. The molecule has 1 amide bonds. The molecule has 0 aliphatic heterocycles. The average Bonchev–Trinajstić information content (AvgIpc) is 3.12. The minimum Gasteiger partial charge on any atom is -0.319 e. The van der Waals surface area contributed by atoms with Crippen LogP contribution >= 0.6 is 11.8 Å². The molecule has 1 aromatic carbocycles. The van der Waals surface area contributed by atoms with E-state index in [2.05, 4.69) is 20.8 Å². The zero-order valence-corrected chi connectivity index (χ0v) is 15.7. The van der Waals surface area contributed by atoms with E-state index in [-0.39, 0.29) is 17.2 Å². The van der Waals surface area contributed by atoms with Gasteiger partial charge >= 0.3 is 0 Å². The molecule has 0 bridgehead atoms. The first-order valence-electron chi connectivity index (χ1n) is 7.94. The molecule has 26 heavy (non-hydrogen) atoms. The molecular formula is C16H19N7O2S. The minimum absolute atomic E-state index is 0.268. The van der Waals surface area contributed by atoms with Crippen molar-refractivity contribution in [3.8, 4) is 5.69 Å². The van der Waals surface area contributed by atoms with E-state index in [1.54, 1.807) is 32.6 Å². The minimum atomic E-state index is -0.469. The molecule has 0 unspecified atom stereocenters. The van der Waals surface area contributed by atoms with Crippen LogP contribution in [0.4, 0.5) is 5.69 Å². The topological polar surface area (TPSA) is 99.6 Å². The molecule has 136 valence electrons. The van der Waals surface area contributed by atoms with E-state index in [0.717, 1.165) is 5.69 Å². The number of carbonyl (C=O) groups excluding carboxylic acids is 1. The highest BCUT2D eigenvalue weighted by molar-refractivity contribution is 8.00. The van der Waals surface area contributed by atoms with E-state index in [4.69, 9.17) is 0 Å². The molecule has 0 fully saturated rings. The summed E-state index contributed by atoms with van der Waals surface area (Å²) in [7, 11) is 3.48. The number of carbonyl (C=O) groups is 1. The van der Waals surface area contributed by atoms with Crippen LogP contribution in [-0.4, -0.2) is 40.7 Å². The van der Waals surface area contributed by atoms with Crippen LogP contribution in [0.3, 0.4) is 0 Å². The summed E-state index contributed by atoms with van der Waals surface area (Å²) in [6.45, 7) is 3.53. The standard InChI is InChI=1S/C16H19N7O2S/c1-10-13(15(25)23(22(10)4)12-8-6-5-7-9-12)17-14(24)11(2)26-16-18-19-20-21(16)3/h5-9,11H,1-4H3,(H,17,24)/t11-/m1/s1. The van der Waals surface area contributed by atoms with Crippen LogP contribution in [0.25, 0.3) is 5.69 Å². The zero-order valence-electron chi connectivity index (χ0n) is 14.9. The van der Waals surface area contributed by atoms with Crippen LogP contribution < -0.4 is 10.9 Å². The highest BCUT2D eigenvalue weighted by Crippen LogP contribution is 2.21. The number of tetrazole rings is 1. The van der Waals surface area contributed by atoms with Gasteiger partial charge in [0, 0.05) is 14.1 Å². The van der Waals surface area contributed by atoms with Crippen molar-refractivity contribution < 1.29 is 4.79 Å². The second kappa shape index (κ2) is 7.16. The van der Waals surface area contributed by atoms with Gasteiger partial charge in [-0.25, -0.2) is 9.36 Å². The van der Waals surface area contributed by atoms with Gasteiger partial charge in [0.05, 0.1) is 16.6 Å². The van der Waals surface area contributed by atoms with E-state index >= 15 is 0 Å². The molecule has 0 radical (unpaired) electrons. The second-order valence-electron chi connectivity index (χ2n) is 5.77. The second-order valence-corrected chi connectivity index (χ2v) is 7.08. The maximum absolute atomic E-state index is 12.8. The predicted octanol–water partition coefficient (Wildman–Crippen LogP) is 1.13. The number of para-hydroxylation sites is 1. The Balaban J connectivity index is 1.85. The number of aryl methyl sites for hydroxylation is 1. The Morgan fingerprint density at radius 3 is 2.54 bits per heavy atom. The lowest BCUT2D eigenvalue weighted by Crippen LogP contribution is -2.27. The Morgan fingerprint density at radius 2 is 1.92 bits per heavy atom. The van der Waals surface area contributed by atoms with Crippen molar-refractivity contribution >= 4 is 23.4 Å². The van der Waals surface area contributed by atoms with Crippen LogP contribution in [0.15, 0.2) is 40.3 Å². The van der Waals surface area contributed by atoms with Crippen LogP contribution in [0.1, 0.15) is 12.6 Å². The number of thioether (sulfide) groups is 1. The Morgan fingerprint density at radius 1 is 1.23 bits per heavy atom. The zero-order chi connectivity index (χ0) is 18.8. The fourth-order valence-corrected chi connectivity index (χ4v) is 3.22. The fourth-order valence-electron chi connectivity index (χ4n) is 2.47. The number of nitrogens with zero attached hydrogens (tertiary/aromatic N) is 6. The van der Waals surface area contributed by atoms with Gasteiger partial charge in [-0.1, -0.05) is 30.0 Å². The monoisotopic (exact) mass is 373 g/mol. The largest absolute Gasteiger partial charge is 0.319 e. The SMILES string of the molecule is Cc1c(NC(=O)[C@@H](C)Sc2nnnn2C)c(=O)n(-c2ccccc2)n1C. The van der Waals surface area contributed by atoms with Gasteiger partial charge < -0.3 is 5.32 Å². The summed E-state index contributed by atoms with van der Waals surface area (Å²) in [6, 6.07) is 9.28. The molecule has 0 spiro atoms. The lowest BCUT2D eigenvalue weighted by molar-refractivity contribution is -0.115. The highest BCUT2D eigenvalue weighted by atomic mass is 32.2. The van der Waals surface area contributed by atoms with Gasteiger partial charge in [-0.3, -0.25) is 14.3 Å². The quantitative estimate of drug-likeness (QED) is 0.673. The van der Waals surface area contributed by atoms with Crippen molar-refractivity contribution in [2.45, 2.75) is 24.3 Å². The summed E-state index contributed by atoms with van der Waals surface area (Å²) in [5.74, 6) is -0.288.